The normalized spacial score (nSPS) is 15.9. The molecule has 104 valence electrons. The lowest BCUT2D eigenvalue weighted by molar-refractivity contribution is -0.115. The summed E-state index contributed by atoms with van der Waals surface area (Å²) in [6, 6.07) is 6.63. The van der Waals surface area contributed by atoms with Gasteiger partial charge in [-0.3, -0.25) is 4.79 Å². The molecule has 1 saturated carbocycles. The van der Waals surface area contributed by atoms with Crippen molar-refractivity contribution < 1.29 is 4.79 Å². The fourth-order valence-corrected chi connectivity index (χ4v) is 2.42. The predicted molar refractivity (Wildman–Crippen MR) is 80.5 cm³/mol. The Bertz CT molecular complexity index is 452. The average Bonchev–Trinajstić information content (AvgIpc) is 3.24. The molecule has 2 N–H and O–H groups in total. The van der Waals surface area contributed by atoms with Gasteiger partial charge in [0, 0.05) is 23.8 Å². The number of nitrogens with one attached hydrogen (secondary N) is 2. The van der Waals surface area contributed by atoms with Gasteiger partial charge in [-0.05, 0) is 49.8 Å². The first-order valence-corrected chi connectivity index (χ1v) is 7.31. The van der Waals surface area contributed by atoms with Crippen LogP contribution < -0.4 is 10.6 Å². The highest BCUT2D eigenvalue weighted by Gasteiger charge is 2.30. The summed E-state index contributed by atoms with van der Waals surface area (Å²) in [5.41, 5.74) is 3.19. The lowest BCUT2D eigenvalue weighted by Crippen LogP contribution is -2.21. The van der Waals surface area contributed by atoms with Crippen LogP contribution in [-0.2, 0) is 4.79 Å². The molecular formula is C16H24N2O. The Balaban J connectivity index is 2.11. The van der Waals surface area contributed by atoms with E-state index in [1.54, 1.807) is 0 Å². The van der Waals surface area contributed by atoms with Crippen molar-refractivity contribution in [2.24, 2.45) is 5.92 Å². The molecule has 1 fully saturated rings. The molecule has 3 nitrogen and oxygen atoms in total. The molecule has 0 aromatic heterocycles. The zero-order chi connectivity index (χ0) is 13.8. The first-order chi connectivity index (χ1) is 9.15. The summed E-state index contributed by atoms with van der Waals surface area (Å²) in [7, 11) is 0. The van der Waals surface area contributed by atoms with Crippen molar-refractivity contribution in [1.82, 2.24) is 0 Å². The van der Waals surface area contributed by atoms with Crippen LogP contribution >= 0.6 is 0 Å². The first-order valence-electron chi connectivity index (χ1n) is 7.31. The highest BCUT2D eigenvalue weighted by molar-refractivity contribution is 5.92. The molecular weight excluding hydrogens is 236 g/mol. The second-order valence-electron chi connectivity index (χ2n) is 5.38. The maximum absolute atomic E-state index is 11.5. The molecule has 1 atom stereocenters. The first kappa shape index (κ1) is 13.9. The van der Waals surface area contributed by atoms with E-state index in [4.69, 9.17) is 0 Å². The van der Waals surface area contributed by atoms with E-state index in [2.05, 4.69) is 30.5 Å². The van der Waals surface area contributed by atoms with Gasteiger partial charge in [0.2, 0.25) is 5.91 Å². The fraction of sp³-hybridized carbons (Fsp3) is 0.562. The topological polar surface area (TPSA) is 41.1 Å². The van der Waals surface area contributed by atoms with Gasteiger partial charge in [0.05, 0.1) is 0 Å². The van der Waals surface area contributed by atoms with Crippen LogP contribution in [0.5, 0.6) is 0 Å². The van der Waals surface area contributed by atoms with Crippen molar-refractivity contribution in [3.05, 3.63) is 23.8 Å². The molecule has 19 heavy (non-hydrogen) atoms. The minimum Gasteiger partial charge on any atom is -0.382 e. The molecule has 0 spiro atoms. The van der Waals surface area contributed by atoms with E-state index in [0.29, 0.717) is 12.5 Å². The summed E-state index contributed by atoms with van der Waals surface area (Å²) in [6.45, 7) is 6.16. The Morgan fingerprint density at radius 3 is 2.58 bits per heavy atom. The van der Waals surface area contributed by atoms with Gasteiger partial charge >= 0.3 is 0 Å². The summed E-state index contributed by atoms with van der Waals surface area (Å²) < 4.78 is 0. The summed E-state index contributed by atoms with van der Waals surface area (Å²) in [4.78, 5) is 11.5. The van der Waals surface area contributed by atoms with Gasteiger partial charge in [0.15, 0.2) is 0 Å². The average molecular weight is 260 g/mol. The Hall–Kier alpha value is -1.51. The third-order valence-electron chi connectivity index (χ3n) is 3.90. The third-order valence-corrected chi connectivity index (χ3v) is 3.90. The number of benzene rings is 1. The molecule has 0 bridgehead atoms. The molecule has 2 rings (SSSR count). The minimum absolute atomic E-state index is 0.0643. The molecule has 3 heteroatoms. The molecule has 1 aromatic carbocycles. The lowest BCUT2D eigenvalue weighted by Gasteiger charge is -2.20. The smallest absolute Gasteiger partial charge is 0.224 e. The van der Waals surface area contributed by atoms with Gasteiger partial charge in [-0.2, -0.15) is 0 Å². The molecule has 1 unspecified atom stereocenters. The SMILES string of the molecule is CCC(=O)Nc1cccc(NC(CC)C2CC2)c1C. The van der Waals surface area contributed by atoms with E-state index in [1.807, 2.05) is 19.1 Å². The number of hydrogen-bond acceptors (Lipinski definition) is 2. The number of amides is 1. The van der Waals surface area contributed by atoms with E-state index in [1.165, 1.54) is 12.8 Å². The number of carbonyl (C=O) groups excluding carboxylic acids is 1. The standard InChI is InChI=1S/C16H24N2O/c1-4-13(12-9-10-12)17-14-7-6-8-15(11(14)3)18-16(19)5-2/h6-8,12-13,17H,4-5,9-10H2,1-3H3,(H,18,19). The van der Waals surface area contributed by atoms with Crippen LogP contribution in [0.4, 0.5) is 11.4 Å². The molecule has 0 saturated heterocycles. The van der Waals surface area contributed by atoms with Gasteiger partial charge in [0.25, 0.3) is 0 Å². The van der Waals surface area contributed by atoms with Gasteiger partial charge in [-0.15, -0.1) is 0 Å². The van der Waals surface area contributed by atoms with Crippen molar-refractivity contribution in [1.29, 1.82) is 0 Å². The second kappa shape index (κ2) is 6.09. The van der Waals surface area contributed by atoms with Crippen LogP contribution in [0.3, 0.4) is 0 Å². The third kappa shape index (κ3) is 3.49. The van der Waals surface area contributed by atoms with Crippen LogP contribution in [0.1, 0.15) is 45.1 Å². The van der Waals surface area contributed by atoms with Gasteiger partial charge < -0.3 is 10.6 Å². The maximum Gasteiger partial charge on any atom is 0.224 e. The number of hydrogen-bond donors (Lipinski definition) is 2. The largest absolute Gasteiger partial charge is 0.382 e. The number of rotatable bonds is 6. The minimum atomic E-state index is 0.0643. The van der Waals surface area contributed by atoms with Crippen LogP contribution in [-0.4, -0.2) is 11.9 Å². The quantitative estimate of drug-likeness (QED) is 0.813. The molecule has 0 aliphatic heterocycles. The number of carbonyl (C=O) groups is 1. The van der Waals surface area contributed by atoms with E-state index in [0.717, 1.165) is 29.3 Å². The monoisotopic (exact) mass is 260 g/mol. The molecule has 1 aliphatic carbocycles. The highest BCUT2D eigenvalue weighted by Crippen LogP contribution is 2.36. The van der Waals surface area contributed by atoms with Crippen LogP contribution in [0.15, 0.2) is 18.2 Å². The van der Waals surface area contributed by atoms with E-state index >= 15 is 0 Å². The fourth-order valence-electron chi connectivity index (χ4n) is 2.42. The predicted octanol–water partition coefficient (Wildman–Crippen LogP) is 3.94. The Morgan fingerprint density at radius 1 is 1.32 bits per heavy atom. The van der Waals surface area contributed by atoms with Crippen LogP contribution in [0, 0.1) is 12.8 Å². The zero-order valence-electron chi connectivity index (χ0n) is 12.1. The van der Waals surface area contributed by atoms with E-state index < -0.39 is 0 Å². The summed E-state index contributed by atoms with van der Waals surface area (Å²) in [6.07, 6.45) is 4.35. The number of anilines is 2. The lowest BCUT2D eigenvalue weighted by atomic mass is 10.1. The van der Waals surface area contributed by atoms with Gasteiger partial charge in [-0.1, -0.05) is 19.9 Å². The maximum atomic E-state index is 11.5. The molecule has 1 aliphatic rings. The van der Waals surface area contributed by atoms with Crippen molar-refractivity contribution in [3.8, 4) is 0 Å². The van der Waals surface area contributed by atoms with Crippen molar-refractivity contribution in [2.45, 2.75) is 52.5 Å². The second-order valence-corrected chi connectivity index (χ2v) is 5.38. The Morgan fingerprint density at radius 2 is 2.00 bits per heavy atom. The van der Waals surface area contributed by atoms with Crippen molar-refractivity contribution in [2.75, 3.05) is 10.6 Å². The van der Waals surface area contributed by atoms with Crippen LogP contribution in [0.25, 0.3) is 0 Å². The van der Waals surface area contributed by atoms with E-state index in [-0.39, 0.29) is 5.91 Å². The summed E-state index contributed by atoms with van der Waals surface area (Å²) in [5, 5.41) is 6.60. The molecule has 0 heterocycles. The van der Waals surface area contributed by atoms with Crippen LogP contribution in [0.2, 0.25) is 0 Å². The van der Waals surface area contributed by atoms with E-state index in [9.17, 15) is 4.79 Å². The molecule has 1 aromatic rings. The van der Waals surface area contributed by atoms with Gasteiger partial charge in [0.1, 0.15) is 0 Å². The molecule has 0 radical (unpaired) electrons. The molecule has 1 amide bonds. The summed E-state index contributed by atoms with van der Waals surface area (Å²) >= 11 is 0. The van der Waals surface area contributed by atoms with Crippen molar-refractivity contribution in [3.63, 3.8) is 0 Å². The van der Waals surface area contributed by atoms with Crippen molar-refractivity contribution >= 4 is 17.3 Å². The Labute approximate surface area is 115 Å². The zero-order valence-corrected chi connectivity index (χ0v) is 12.1. The highest BCUT2D eigenvalue weighted by atomic mass is 16.1. The van der Waals surface area contributed by atoms with Gasteiger partial charge in [-0.25, -0.2) is 0 Å². The summed E-state index contributed by atoms with van der Waals surface area (Å²) in [5.74, 6) is 0.896. The Kier molecular flexibility index (Phi) is 4.46.